The van der Waals surface area contributed by atoms with Crippen LogP contribution in [0.25, 0.3) is 0 Å². The Morgan fingerprint density at radius 1 is 1.08 bits per heavy atom. The molecule has 0 unspecified atom stereocenters. The molecule has 0 saturated carbocycles. The Bertz CT molecular complexity index is 376. The van der Waals surface area contributed by atoms with Crippen molar-refractivity contribution < 1.29 is 9.59 Å². The van der Waals surface area contributed by atoms with Gasteiger partial charge < -0.3 is 0 Å². The molecule has 0 amide bonds. The zero-order chi connectivity index (χ0) is 10.0. The van der Waals surface area contributed by atoms with Crippen molar-refractivity contribution in [3.63, 3.8) is 0 Å². The third kappa shape index (κ3) is 2.53. The maximum absolute atomic E-state index is 10.9. The summed E-state index contributed by atoms with van der Waals surface area (Å²) in [5.74, 6) is 0. The average molecular weight is 282 g/mol. The van der Waals surface area contributed by atoms with E-state index in [1.165, 1.54) is 12.1 Å². The Balaban J connectivity index is 3.35. The first-order chi connectivity index (χ1) is 6.02. The lowest BCUT2D eigenvalue weighted by molar-refractivity contribution is 0.105. The number of halogens is 3. The van der Waals surface area contributed by atoms with Crippen molar-refractivity contribution in [1.82, 2.24) is 0 Å². The summed E-state index contributed by atoms with van der Waals surface area (Å²) < 4.78 is 0.665. The summed E-state index contributed by atoms with van der Waals surface area (Å²) in [5, 5.41) is -1.40. The van der Waals surface area contributed by atoms with E-state index in [4.69, 9.17) is 23.2 Å². The van der Waals surface area contributed by atoms with Gasteiger partial charge in [0, 0.05) is 15.6 Å². The first kappa shape index (κ1) is 10.7. The Morgan fingerprint density at radius 2 is 1.62 bits per heavy atom. The predicted octanol–water partition coefficient (Wildman–Crippen LogP) is 3.21. The molecule has 1 aromatic carbocycles. The van der Waals surface area contributed by atoms with Gasteiger partial charge in [-0.25, -0.2) is 0 Å². The molecule has 0 saturated heterocycles. The van der Waals surface area contributed by atoms with Crippen molar-refractivity contribution in [1.29, 1.82) is 0 Å². The highest BCUT2D eigenvalue weighted by Crippen LogP contribution is 2.19. The second kappa shape index (κ2) is 4.22. The van der Waals surface area contributed by atoms with Gasteiger partial charge in [-0.2, -0.15) is 0 Å². The molecule has 0 bridgehead atoms. The number of rotatable bonds is 2. The van der Waals surface area contributed by atoms with Gasteiger partial charge in [-0.1, -0.05) is 15.9 Å². The molecule has 68 valence electrons. The van der Waals surface area contributed by atoms with Crippen LogP contribution in [0.4, 0.5) is 0 Å². The van der Waals surface area contributed by atoms with Gasteiger partial charge in [-0.3, -0.25) is 9.59 Å². The molecule has 0 atom stereocenters. The van der Waals surface area contributed by atoms with Crippen LogP contribution in [0.1, 0.15) is 20.7 Å². The van der Waals surface area contributed by atoms with Gasteiger partial charge in [-0.15, -0.1) is 0 Å². The maximum atomic E-state index is 10.9. The van der Waals surface area contributed by atoms with Gasteiger partial charge in [-0.05, 0) is 41.4 Å². The lowest BCUT2D eigenvalue weighted by atomic mass is 10.1. The van der Waals surface area contributed by atoms with Crippen LogP contribution in [0.2, 0.25) is 0 Å². The van der Waals surface area contributed by atoms with E-state index in [0.29, 0.717) is 4.47 Å². The van der Waals surface area contributed by atoms with E-state index in [2.05, 4.69) is 15.9 Å². The van der Waals surface area contributed by atoms with Crippen LogP contribution in [0.5, 0.6) is 0 Å². The molecule has 0 aliphatic heterocycles. The van der Waals surface area contributed by atoms with Crippen LogP contribution in [0.3, 0.4) is 0 Å². The van der Waals surface area contributed by atoms with E-state index in [1.54, 1.807) is 6.07 Å². The minimum absolute atomic E-state index is 0.107. The minimum Gasteiger partial charge on any atom is -0.276 e. The van der Waals surface area contributed by atoms with Crippen LogP contribution >= 0.6 is 39.1 Å². The van der Waals surface area contributed by atoms with E-state index in [0.717, 1.165) is 0 Å². The second-order valence-electron chi connectivity index (χ2n) is 2.24. The molecule has 0 fully saturated rings. The lowest BCUT2D eigenvalue weighted by Crippen LogP contribution is -2.00. The average Bonchev–Trinajstić information content (AvgIpc) is 2.03. The lowest BCUT2D eigenvalue weighted by Gasteiger charge is -2.00. The van der Waals surface area contributed by atoms with Gasteiger partial charge >= 0.3 is 0 Å². The fraction of sp³-hybridized carbons (Fsp3) is 0. The third-order valence-electron chi connectivity index (χ3n) is 1.41. The van der Waals surface area contributed by atoms with E-state index >= 15 is 0 Å². The number of benzene rings is 1. The molecule has 0 aromatic heterocycles. The summed E-state index contributed by atoms with van der Waals surface area (Å²) in [6, 6.07) is 4.50. The molecule has 1 aromatic rings. The largest absolute Gasteiger partial charge is 0.276 e. The summed E-state index contributed by atoms with van der Waals surface area (Å²) >= 11 is 13.6. The smallest absolute Gasteiger partial charge is 0.253 e. The fourth-order valence-electron chi connectivity index (χ4n) is 0.850. The fourth-order valence-corrected chi connectivity index (χ4v) is 1.53. The van der Waals surface area contributed by atoms with E-state index in [-0.39, 0.29) is 11.1 Å². The molecule has 1 rings (SSSR count). The number of carbonyl (C=O) groups is 2. The Hall–Kier alpha value is -0.380. The summed E-state index contributed by atoms with van der Waals surface area (Å²) in [6.07, 6.45) is 0. The Labute approximate surface area is 93.0 Å². The summed E-state index contributed by atoms with van der Waals surface area (Å²) in [6.45, 7) is 0. The highest BCUT2D eigenvalue weighted by Gasteiger charge is 2.13. The molecular weight excluding hydrogens is 279 g/mol. The van der Waals surface area contributed by atoms with Crippen LogP contribution in [0.15, 0.2) is 22.7 Å². The number of hydrogen-bond donors (Lipinski definition) is 0. The number of hydrogen-bond acceptors (Lipinski definition) is 2. The molecule has 2 nitrogen and oxygen atoms in total. The molecule has 0 heterocycles. The van der Waals surface area contributed by atoms with Crippen LogP contribution in [0, 0.1) is 0 Å². The first-order valence-corrected chi connectivity index (χ1v) is 4.76. The van der Waals surface area contributed by atoms with Crippen molar-refractivity contribution in [3.05, 3.63) is 33.8 Å². The van der Waals surface area contributed by atoms with Crippen molar-refractivity contribution in [3.8, 4) is 0 Å². The predicted molar refractivity (Wildman–Crippen MR) is 54.5 cm³/mol. The van der Waals surface area contributed by atoms with Gasteiger partial charge in [0.05, 0.1) is 0 Å². The van der Waals surface area contributed by atoms with Crippen LogP contribution in [-0.2, 0) is 0 Å². The van der Waals surface area contributed by atoms with E-state index in [1.807, 2.05) is 0 Å². The number of carbonyl (C=O) groups excluding carboxylic acids is 2. The van der Waals surface area contributed by atoms with Crippen molar-refractivity contribution in [2.45, 2.75) is 0 Å². The SMILES string of the molecule is O=C(Cl)c1ccc(Br)cc1C(=O)Cl. The standard InChI is InChI=1S/C8H3BrCl2O2/c9-4-1-2-5(7(10)12)6(3-4)8(11)13/h1-3H. The quantitative estimate of drug-likeness (QED) is 0.780. The molecule has 0 N–H and O–H groups in total. The van der Waals surface area contributed by atoms with Crippen molar-refractivity contribution in [2.24, 2.45) is 0 Å². The van der Waals surface area contributed by atoms with Crippen molar-refractivity contribution >= 4 is 49.6 Å². The zero-order valence-electron chi connectivity index (χ0n) is 6.18. The normalized spacial score (nSPS) is 9.77. The van der Waals surface area contributed by atoms with Gasteiger partial charge in [0.2, 0.25) is 0 Å². The monoisotopic (exact) mass is 280 g/mol. The Kier molecular flexibility index (Phi) is 3.47. The summed E-state index contributed by atoms with van der Waals surface area (Å²) in [5.41, 5.74) is 0.223. The molecule has 13 heavy (non-hydrogen) atoms. The Morgan fingerprint density at radius 3 is 2.08 bits per heavy atom. The molecule has 0 aliphatic carbocycles. The maximum Gasteiger partial charge on any atom is 0.253 e. The summed E-state index contributed by atoms with van der Waals surface area (Å²) in [7, 11) is 0. The van der Waals surface area contributed by atoms with E-state index < -0.39 is 10.5 Å². The van der Waals surface area contributed by atoms with E-state index in [9.17, 15) is 9.59 Å². The highest BCUT2D eigenvalue weighted by molar-refractivity contribution is 9.10. The molecule has 0 radical (unpaired) electrons. The minimum atomic E-state index is -0.703. The third-order valence-corrected chi connectivity index (χ3v) is 2.31. The van der Waals surface area contributed by atoms with Crippen LogP contribution in [-0.4, -0.2) is 10.5 Å². The second-order valence-corrected chi connectivity index (χ2v) is 3.84. The molecule has 5 heteroatoms. The van der Waals surface area contributed by atoms with Gasteiger partial charge in [0.15, 0.2) is 0 Å². The molecule has 0 spiro atoms. The van der Waals surface area contributed by atoms with Crippen LogP contribution < -0.4 is 0 Å². The molecule has 0 aliphatic rings. The zero-order valence-corrected chi connectivity index (χ0v) is 9.28. The van der Waals surface area contributed by atoms with Gasteiger partial charge in [0.25, 0.3) is 10.5 Å². The molecular formula is C8H3BrCl2O2. The first-order valence-electron chi connectivity index (χ1n) is 3.21. The van der Waals surface area contributed by atoms with Crippen molar-refractivity contribution in [2.75, 3.05) is 0 Å². The van der Waals surface area contributed by atoms with Gasteiger partial charge in [0.1, 0.15) is 0 Å². The highest BCUT2D eigenvalue weighted by atomic mass is 79.9. The topological polar surface area (TPSA) is 34.1 Å². The summed E-state index contributed by atoms with van der Waals surface area (Å²) in [4.78, 5) is 21.7.